The van der Waals surface area contributed by atoms with Crippen LogP contribution in [-0.2, 0) is 6.42 Å². The lowest BCUT2D eigenvalue weighted by molar-refractivity contribution is 0.514. The molecule has 0 bridgehead atoms. The number of anilines is 1. The molecule has 0 saturated heterocycles. The van der Waals surface area contributed by atoms with Crippen molar-refractivity contribution in [3.8, 4) is 0 Å². The number of benzene rings is 1. The molecular weight excluding hydrogens is 206 g/mol. The Morgan fingerprint density at radius 2 is 2.21 bits per heavy atom. The Labute approximate surface area is 83.4 Å². The summed E-state index contributed by atoms with van der Waals surface area (Å²) in [5, 5.41) is 0.263. The summed E-state index contributed by atoms with van der Waals surface area (Å²) >= 11 is 1.19. The molecule has 14 heavy (non-hydrogen) atoms. The Kier molecular flexibility index (Phi) is 2.11. The van der Waals surface area contributed by atoms with Gasteiger partial charge >= 0.3 is 0 Å². The molecule has 0 spiro atoms. The summed E-state index contributed by atoms with van der Waals surface area (Å²) in [6.45, 7) is 1.88. The van der Waals surface area contributed by atoms with E-state index in [0.29, 0.717) is 11.1 Å². The van der Waals surface area contributed by atoms with Crippen LogP contribution in [0.15, 0.2) is 6.07 Å². The highest BCUT2D eigenvalue weighted by Crippen LogP contribution is 2.30. The summed E-state index contributed by atoms with van der Waals surface area (Å²) in [7, 11) is 0. The van der Waals surface area contributed by atoms with Gasteiger partial charge in [0.2, 0.25) is 0 Å². The number of nitrogens with zero attached hydrogens (tertiary/aromatic N) is 1. The van der Waals surface area contributed by atoms with Crippen molar-refractivity contribution in [1.82, 2.24) is 4.98 Å². The zero-order valence-electron chi connectivity index (χ0n) is 7.47. The number of fused-ring (bicyclic) bond motifs is 1. The third-order valence-electron chi connectivity index (χ3n) is 2.03. The zero-order valence-corrected chi connectivity index (χ0v) is 8.29. The third-order valence-corrected chi connectivity index (χ3v) is 2.99. The molecule has 0 radical (unpaired) electrons. The summed E-state index contributed by atoms with van der Waals surface area (Å²) < 4.78 is 26.9. The van der Waals surface area contributed by atoms with Gasteiger partial charge in [0.15, 0.2) is 16.8 Å². The molecule has 0 amide bonds. The van der Waals surface area contributed by atoms with Crippen LogP contribution in [0.4, 0.5) is 13.9 Å². The van der Waals surface area contributed by atoms with Gasteiger partial charge in [0.25, 0.3) is 0 Å². The van der Waals surface area contributed by atoms with Gasteiger partial charge in [0.1, 0.15) is 5.52 Å². The number of halogens is 2. The van der Waals surface area contributed by atoms with Gasteiger partial charge in [-0.1, -0.05) is 18.3 Å². The molecule has 2 nitrogen and oxygen atoms in total. The molecule has 2 rings (SSSR count). The molecule has 74 valence electrons. The molecule has 0 atom stereocenters. The maximum Gasteiger partial charge on any atom is 0.185 e. The van der Waals surface area contributed by atoms with Crippen LogP contribution in [0, 0.1) is 11.6 Å². The first-order chi connectivity index (χ1) is 6.63. The van der Waals surface area contributed by atoms with E-state index >= 15 is 0 Å². The fourth-order valence-corrected chi connectivity index (χ4v) is 2.27. The molecule has 2 aromatic rings. The van der Waals surface area contributed by atoms with Gasteiger partial charge in [-0.3, -0.25) is 0 Å². The van der Waals surface area contributed by atoms with Gasteiger partial charge in [-0.15, -0.1) is 0 Å². The minimum atomic E-state index is -0.912. The predicted octanol–water partition coefficient (Wildman–Crippen LogP) is 2.72. The lowest BCUT2D eigenvalue weighted by Crippen LogP contribution is -1.90. The lowest BCUT2D eigenvalue weighted by atomic mass is 10.1. The molecule has 0 saturated carbocycles. The number of hydrogen-bond acceptors (Lipinski definition) is 3. The number of hydrogen-bond donors (Lipinski definition) is 1. The monoisotopic (exact) mass is 214 g/mol. The maximum absolute atomic E-state index is 13.2. The van der Waals surface area contributed by atoms with Crippen molar-refractivity contribution < 1.29 is 8.78 Å². The zero-order chi connectivity index (χ0) is 10.3. The molecule has 0 fully saturated rings. The highest BCUT2D eigenvalue weighted by molar-refractivity contribution is 7.22. The van der Waals surface area contributed by atoms with Crippen molar-refractivity contribution in [2.24, 2.45) is 0 Å². The smallest absolute Gasteiger partial charge is 0.185 e. The average molecular weight is 214 g/mol. The number of nitrogens with two attached hydrogens (primary N) is 1. The van der Waals surface area contributed by atoms with E-state index in [1.165, 1.54) is 17.4 Å². The van der Waals surface area contributed by atoms with E-state index < -0.39 is 11.6 Å². The van der Waals surface area contributed by atoms with E-state index in [-0.39, 0.29) is 10.6 Å². The Morgan fingerprint density at radius 3 is 2.86 bits per heavy atom. The summed E-state index contributed by atoms with van der Waals surface area (Å²) in [4.78, 5) is 3.76. The first-order valence-electron chi connectivity index (χ1n) is 4.16. The highest BCUT2D eigenvalue weighted by Gasteiger charge is 2.15. The number of nitrogen functional groups attached to an aromatic ring is 1. The molecule has 0 unspecified atom stereocenters. The topological polar surface area (TPSA) is 38.9 Å². The van der Waals surface area contributed by atoms with E-state index in [9.17, 15) is 8.78 Å². The fourth-order valence-electron chi connectivity index (χ4n) is 1.36. The SMILES string of the molecule is CCc1cc(F)c(F)c2nc(N)sc12. The fraction of sp³-hybridized carbons (Fsp3) is 0.222. The molecule has 0 aliphatic heterocycles. The molecule has 1 heterocycles. The van der Waals surface area contributed by atoms with E-state index in [2.05, 4.69) is 4.98 Å². The lowest BCUT2D eigenvalue weighted by Gasteiger charge is -1.99. The van der Waals surface area contributed by atoms with Gasteiger partial charge < -0.3 is 5.73 Å². The summed E-state index contributed by atoms with van der Waals surface area (Å²) in [5.74, 6) is -1.77. The van der Waals surface area contributed by atoms with E-state index in [1.54, 1.807) is 0 Å². The first-order valence-corrected chi connectivity index (χ1v) is 4.98. The molecule has 1 aromatic carbocycles. The number of aromatic nitrogens is 1. The van der Waals surface area contributed by atoms with Crippen molar-refractivity contribution in [3.05, 3.63) is 23.3 Å². The molecule has 0 aliphatic rings. The summed E-state index contributed by atoms with van der Waals surface area (Å²) in [6, 6.07) is 1.20. The van der Waals surface area contributed by atoms with Crippen molar-refractivity contribution in [2.75, 3.05) is 5.73 Å². The standard InChI is InChI=1S/C9H8F2N2S/c1-2-4-3-5(10)6(11)7-8(4)14-9(12)13-7/h3H,2H2,1H3,(H2,12,13). The third kappa shape index (κ3) is 1.24. The van der Waals surface area contributed by atoms with Crippen molar-refractivity contribution in [1.29, 1.82) is 0 Å². The molecule has 2 N–H and O–H groups in total. The van der Waals surface area contributed by atoms with Crippen LogP contribution in [0.5, 0.6) is 0 Å². The number of aryl methyl sites for hydroxylation is 1. The Morgan fingerprint density at radius 1 is 1.50 bits per heavy atom. The quantitative estimate of drug-likeness (QED) is 0.792. The molecule has 5 heteroatoms. The van der Waals surface area contributed by atoms with Gasteiger partial charge in [-0.05, 0) is 18.1 Å². The van der Waals surface area contributed by atoms with Crippen LogP contribution < -0.4 is 5.73 Å². The van der Waals surface area contributed by atoms with E-state index in [0.717, 1.165) is 5.56 Å². The second-order valence-electron chi connectivity index (χ2n) is 2.91. The Bertz CT molecular complexity index is 493. The van der Waals surface area contributed by atoms with Gasteiger partial charge in [0.05, 0.1) is 4.70 Å². The Hall–Kier alpha value is -1.23. The number of rotatable bonds is 1. The maximum atomic E-state index is 13.2. The van der Waals surface area contributed by atoms with E-state index in [1.807, 2.05) is 6.92 Å². The van der Waals surface area contributed by atoms with Crippen LogP contribution in [0.2, 0.25) is 0 Å². The minimum absolute atomic E-state index is 0.0457. The average Bonchev–Trinajstić information content (AvgIpc) is 2.54. The van der Waals surface area contributed by atoms with Crippen LogP contribution in [0.3, 0.4) is 0 Å². The van der Waals surface area contributed by atoms with E-state index in [4.69, 9.17) is 5.73 Å². The van der Waals surface area contributed by atoms with Crippen LogP contribution >= 0.6 is 11.3 Å². The minimum Gasteiger partial charge on any atom is -0.375 e. The van der Waals surface area contributed by atoms with Crippen molar-refractivity contribution in [3.63, 3.8) is 0 Å². The van der Waals surface area contributed by atoms with Gasteiger partial charge in [-0.25, -0.2) is 13.8 Å². The van der Waals surface area contributed by atoms with Crippen LogP contribution in [0.25, 0.3) is 10.2 Å². The number of thiazole rings is 1. The highest BCUT2D eigenvalue weighted by atomic mass is 32.1. The predicted molar refractivity (Wildman–Crippen MR) is 53.3 cm³/mol. The van der Waals surface area contributed by atoms with Crippen LogP contribution in [-0.4, -0.2) is 4.98 Å². The summed E-state index contributed by atoms with van der Waals surface area (Å²) in [5.41, 5.74) is 6.24. The second-order valence-corrected chi connectivity index (χ2v) is 3.95. The van der Waals surface area contributed by atoms with Crippen molar-refractivity contribution in [2.45, 2.75) is 13.3 Å². The molecule has 0 aliphatic carbocycles. The first kappa shape index (κ1) is 9.33. The molecule has 1 aromatic heterocycles. The van der Waals surface area contributed by atoms with Gasteiger partial charge in [-0.2, -0.15) is 0 Å². The summed E-state index contributed by atoms with van der Waals surface area (Å²) in [6.07, 6.45) is 0.634. The largest absolute Gasteiger partial charge is 0.375 e. The van der Waals surface area contributed by atoms with Gasteiger partial charge in [0, 0.05) is 0 Å². The second kappa shape index (κ2) is 3.16. The normalized spacial score (nSPS) is 11.1. The Balaban J connectivity index is 2.88. The van der Waals surface area contributed by atoms with Crippen molar-refractivity contribution >= 4 is 26.7 Å². The van der Waals surface area contributed by atoms with Crippen LogP contribution in [0.1, 0.15) is 12.5 Å². The molecular formula is C9H8F2N2S.